The Balaban J connectivity index is 1.81. The van der Waals surface area contributed by atoms with Gasteiger partial charge in [0.25, 0.3) is 5.56 Å². The predicted octanol–water partition coefficient (Wildman–Crippen LogP) is 4.04. The summed E-state index contributed by atoms with van der Waals surface area (Å²) in [5, 5.41) is 1.63. The number of aryl methyl sites for hydroxylation is 2. The third-order valence-electron chi connectivity index (χ3n) is 4.31. The van der Waals surface area contributed by atoms with E-state index in [1.807, 2.05) is 13.8 Å². The highest BCUT2D eigenvalue weighted by Crippen LogP contribution is 2.25. The molecule has 3 rings (SSSR count). The lowest BCUT2D eigenvalue weighted by atomic mass is 10.2. The first-order valence-electron chi connectivity index (χ1n) is 7.91. The van der Waals surface area contributed by atoms with Gasteiger partial charge in [-0.05, 0) is 37.1 Å². The molecule has 0 saturated carbocycles. The van der Waals surface area contributed by atoms with Gasteiger partial charge in [0.1, 0.15) is 11.4 Å². The van der Waals surface area contributed by atoms with E-state index < -0.39 is 0 Å². The quantitative estimate of drug-likeness (QED) is 0.653. The number of rotatable bonds is 4. The van der Waals surface area contributed by atoms with Crippen LogP contribution in [0.5, 0.6) is 0 Å². The van der Waals surface area contributed by atoms with Crippen molar-refractivity contribution in [2.24, 2.45) is 0 Å². The van der Waals surface area contributed by atoms with Gasteiger partial charge < -0.3 is 4.90 Å². The van der Waals surface area contributed by atoms with Crippen molar-refractivity contribution in [2.75, 3.05) is 7.05 Å². The van der Waals surface area contributed by atoms with Crippen molar-refractivity contribution < 1.29 is 4.79 Å². The molecule has 1 aromatic carbocycles. The summed E-state index contributed by atoms with van der Waals surface area (Å²) < 4.78 is 1.35. The molecule has 0 aliphatic heterocycles. The second kappa shape index (κ2) is 7.39. The van der Waals surface area contributed by atoms with Gasteiger partial charge in [-0.1, -0.05) is 29.3 Å². The molecule has 0 bridgehead atoms. The molecule has 5 nitrogen and oxygen atoms in total. The van der Waals surface area contributed by atoms with E-state index in [1.54, 1.807) is 25.2 Å². The number of amides is 1. The summed E-state index contributed by atoms with van der Waals surface area (Å²) in [5.74, 6) is -0.205. The van der Waals surface area contributed by atoms with E-state index in [0.717, 1.165) is 16.0 Å². The Bertz CT molecular complexity index is 1060. The van der Waals surface area contributed by atoms with Gasteiger partial charge in [-0.3, -0.25) is 14.2 Å². The van der Waals surface area contributed by atoms with Crippen LogP contribution in [0.15, 0.2) is 29.3 Å². The predicted molar refractivity (Wildman–Crippen MR) is 106 cm³/mol. The number of likely N-dealkylation sites (N-methyl/N-ethyl adjacent to an activating group) is 1. The van der Waals surface area contributed by atoms with E-state index >= 15 is 0 Å². The fourth-order valence-electron chi connectivity index (χ4n) is 2.64. The lowest BCUT2D eigenvalue weighted by Crippen LogP contribution is -2.33. The van der Waals surface area contributed by atoms with Gasteiger partial charge in [0, 0.05) is 28.5 Å². The number of thiophene rings is 1. The molecule has 1 amide bonds. The van der Waals surface area contributed by atoms with Crippen molar-refractivity contribution >= 4 is 50.7 Å². The molecule has 0 spiro atoms. The standard InChI is InChI=1S/C18H17Cl2N3O2S/c1-10-11(2)26-17-16(10)18(25)23(9-21-17)8-15(24)22(3)7-12-4-5-13(19)6-14(12)20/h4-6,9H,7-8H2,1-3H3. The van der Waals surface area contributed by atoms with E-state index in [-0.39, 0.29) is 18.0 Å². The van der Waals surface area contributed by atoms with Crippen LogP contribution in [0.4, 0.5) is 0 Å². The Morgan fingerprint density at radius 1 is 1.31 bits per heavy atom. The number of hydrogen-bond acceptors (Lipinski definition) is 4. The monoisotopic (exact) mass is 409 g/mol. The maximum atomic E-state index is 12.7. The Morgan fingerprint density at radius 3 is 2.73 bits per heavy atom. The third kappa shape index (κ3) is 3.63. The maximum absolute atomic E-state index is 12.7. The van der Waals surface area contributed by atoms with Crippen molar-refractivity contribution in [3.63, 3.8) is 0 Å². The van der Waals surface area contributed by atoms with Gasteiger partial charge in [0.15, 0.2) is 0 Å². The molecule has 0 radical (unpaired) electrons. The van der Waals surface area contributed by atoms with Crippen molar-refractivity contribution in [1.82, 2.24) is 14.5 Å². The van der Waals surface area contributed by atoms with Gasteiger partial charge in [0.05, 0.1) is 11.7 Å². The number of fused-ring (bicyclic) bond motifs is 1. The molecule has 0 aliphatic carbocycles. The molecule has 0 N–H and O–H groups in total. The first-order valence-corrected chi connectivity index (χ1v) is 9.48. The van der Waals surface area contributed by atoms with Crippen LogP contribution in [0.3, 0.4) is 0 Å². The van der Waals surface area contributed by atoms with Gasteiger partial charge in [-0.15, -0.1) is 11.3 Å². The van der Waals surface area contributed by atoms with Gasteiger partial charge >= 0.3 is 0 Å². The second-order valence-corrected chi connectivity index (χ2v) is 8.17. The van der Waals surface area contributed by atoms with E-state index in [9.17, 15) is 9.59 Å². The van der Waals surface area contributed by atoms with Crippen LogP contribution in [-0.4, -0.2) is 27.4 Å². The largest absolute Gasteiger partial charge is 0.340 e. The van der Waals surface area contributed by atoms with Gasteiger partial charge in [-0.25, -0.2) is 4.98 Å². The first kappa shape index (κ1) is 18.9. The Morgan fingerprint density at radius 2 is 2.04 bits per heavy atom. The number of hydrogen-bond donors (Lipinski definition) is 0. The van der Waals surface area contributed by atoms with E-state index in [1.165, 1.54) is 27.1 Å². The molecule has 0 aliphatic rings. The van der Waals surface area contributed by atoms with E-state index in [2.05, 4.69) is 4.98 Å². The van der Waals surface area contributed by atoms with Crippen molar-refractivity contribution in [2.45, 2.75) is 26.9 Å². The average molecular weight is 410 g/mol. The minimum absolute atomic E-state index is 0.0716. The topological polar surface area (TPSA) is 55.2 Å². The summed E-state index contributed by atoms with van der Waals surface area (Å²) in [6, 6.07) is 5.15. The zero-order valence-electron chi connectivity index (χ0n) is 14.5. The van der Waals surface area contributed by atoms with Crippen molar-refractivity contribution in [3.05, 3.63) is 60.9 Å². The molecule has 0 fully saturated rings. The number of aromatic nitrogens is 2. The summed E-state index contributed by atoms with van der Waals surface area (Å²) >= 11 is 13.5. The number of nitrogens with zero attached hydrogens (tertiary/aromatic N) is 3. The molecule has 3 aromatic rings. The zero-order chi connectivity index (χ0) is 19.0. The maximum Gasteiger partial charge on any atom is 0.262 e. The fraction of sp³-hybridized carbons (Fsp3) is 0.278. The van der Waals surface area contributed by atoms with Crippen LogP contribution in [0.1, 0.15) is 16.0 Å². The molecular formula is C18H17Cl2N3O2S. The van der Waals surface area contributed by atoms with Crippen LogP contribution in [-0.2, 0) is 17.9 Å². The third-order valence-corrected chi connectivity index (χ3v) is 6.01. The minimum Gasteiger partial charge on any atom is -0.340 e. The van der Waals surface area contributed by atoms with Gasteiger partial charge in [-0.2, -0.15) is 0 Å². The normalized spacial score (nSPS) is 11.1. The highest BCUT2D eigenvalue weighted by atomic mass is 35.5. The highest BCUT2D eigenvalue weighted by molar-refractivity contribution is 7.18. The molecule has 8 heteroatoms. The Hall–Kier alpha value is -1.89. The summed E-state index contributed by atoms with van der Waals surface area (Å²) in [5.41, 5.74) is 1.52. The van der Waals surface area contributed by atoms with Gasteiger partial charge in [0.2, 0.25) is 5.91 Å². The fourth-order valence-corrected chi connectivity index (χ4v) is 4.10. The molecule has 136 valence electrons. The lowest BCUT2D eigenvalue weighted by Gasteiger charge is -2.18. The van der Waals surface area contributed by atoms with Crippen LogP contribution in [0.25, 0.3) is 10.2 Å². The summed E-state index contributed by atoms with van der Waals surface area (Å²) in [7, 11) is 1.67. The molecule has 2 aromatic heterocycles. The molecule has 26 heavy (non-hydrogen) atoms. The molecule has 0 unspecified atom stereocenters. The molecule has 0 atom stereocenters. The van der Waals surface area contributed by atoms with Crippen LogP contribution in [0.2, 0.25) is 10.0 Å². The Labute approximate surface area is 164 Å². The molecule has 2 heterocycles. The minimum atomic E-state index is -0.205. The van der Waals surface area contributed by atoms with Crippen LogP contribution >= 0.6 is 34.5 Å². The van der Waals surface area contributed by atoms with E-state index in [4.69, 9.17) is 23.2 Å². The number of benzene rings is 1. The number of carbonyl (C=O) groups is 1. The number of carbonyl (C=O) groups excluding carboxylic acids is 1. The summed E-state index contributed by atoms with van der Waals surface area (Å²) in [6.07, 6.45) is 1.43. The number of halogens is 2. The van der Waals surface area contributed by atoms with Crippen LogP contribution in [0, 0.1) is 13.8 Å². The van der Waals surface area contributed by atoms with Crippen molar-refractivity contribution in [3.8, 4) is 0 Å². The highest BCUT2D eigenvalue weighted by Gasteiger charge is 2.16. The SMILES string of the molecule is Cc1sc2ncn(CC(=O)N(C)Cc3ccc(Cl)cc3Cl)c(=O)c2c1C. The first-order chi connectivity index (χ1) is 12.3. The van der Waals surface area contributed by atoms with Crippen LogP contribution < -0.4 is 5.56 Å². The second-order valence-electron chi connectivity index (χ2n) is 6.13. The molecule has 0 saturated heterocycles. The average Bonchev–Trinajstić information content (AvgIpc) is 2.87. The van der Waals surface area contributed by atoms with Crippen molar-refractivity contribution in [1.29, 1.82) is 0 Å². The Kier molecular flexibility index (Phi) is 5.37. The van der Waals surface area contributed by atoms with E-state index in [0.29, 0.717) is 26.8 Å². The summed E-state index contributed by atoms with van der Waals surface area (Å²) in [4.78, 5) is 32.8. The smallest absolute Gasteiger partial charge is 0.262 e. The molecular weight excluding hydrogens is 393 g/mol. The summed E-state index contributed by atoms with van der Waals surface area (Å²) in [6.45, 7) is 4.12. The zero-order valence-corrected chi connectivity index (χ0v) is 16.9. The lowest BCUT2D eigenvalue weighted by molar-refractivity contribution is -0.131.